The second-order valence-electron chi connectivity index (χ2n) is 21.1. The van der Waals surface area contributed by atoms with Crippen LogP contribution in [-0.4, -0.2) is 151 Å². The number of hydrogen-bond donors (Lipinski definition) is 0. The van der Waals surface area contributed by atoms with Crippen molar-refractivity contribution < 1.29 is 42.9 Å². The molecule has 0 bridgehead atoms. The number of hydrogen-bond acceptors (Lipinski definition) is 14. The molecule has 1 spiro atoms. The van der Waals surface area contributed by atoms with Crippen molar-refractivity contribution in [1.29, 1.82) is 0 Å². The lowest BCUT2D eigenvalue weighted by Gasteiger charge is -2.60. The van der Waals surface area contributed by atoms with Gasteiger partial charge in [-0.05, 0) is 110 Å². The summed E-state index contributed by atoms with van der Waals surface area (Å²) in [5.74, 6) is 1.86. The van der Waals surface area contributed by atoms with Crippen LogP contribution in [0.4, 0.5) is 5.82 Å². The van der Waals surface area contributed by atoms with Crippen molar-refractivity contribution in [1.82, 2.24) is 39.3 Å². The topological polar surface area (TPSA) is 174 Å². The molecule has 1 saturated heterocycles. The fourth-order valence-corrected chi connectivity index (χ4v) is 13.1. The van der Waals surface area contributed by atoms with E-state index in [2.05, 4.69) is 62.9 Å². The summed E-state index contributed by atoms with van der Waals surface area (Å²) < 4.78 is 31.5. The highest BCUT2D eigenvalue weighted by Crippen LogP contribution is 2.59. The fourth-order valence-electron chi connectivity index (χ4n) is 13.1. The molecule has 6 aromatic rings. The number of esters is 1. The first-order chi connectivity index (χ1) is 38.5. The third kappa shape index (κ3) is 10.4. The zero-order chi connectivity index (χ0) is 55.4. The van der Waals surface area contributed by atoms with Crippen molar-refractivity contribution in [2.24, 2.45) is 11.8 Å². The Morgan fingerprint density at radius 1 is 0.772 bits per heavy atom. The van der Waals surface area contributed by atoms with Gasteiger partial charge in [0.15, 0.2) is 28.6 Å². The molecule has 10 rings (SSSR count). The standard InChI is InChI=1S/C61H73N9O9/c1-8-24-70-57-47(37-64-70)56(62-39-63-57)67-28-30-68(31-29-67)58(72)43-19-23-61(49(32-43)55-46-35-52(77-6)50(75-4)33-41(46)20-26-66(55)9-2)48-36-53(78-7)51(76-5)34-42(48)21-27-69(61)54(71)22-25-65(3)59(73)45-18-14-13-17-44(45)38-79-60(74)40-15-11-10-12-16-40/h10-18,33-37,39,43,49,55H,8-9,19-32,38H2,1-7H3. The van der Waals surface area contributed by atoms with E-state index >= 15 is 9.59 Å². The number of amides is 3. The molecule has 1 aliphatic carbocycles. The number of aromatic nitrogens is 4. The van der Waals surface area contributed by atoms with Gasteiger partial charge < -0.3 is 43.3 Å². The molecule has 4 aromatic carbocycles. The van der Waals surface area contributed by atoms with Gasteiger partial charge in [-0.1, -0.05) is 50.2 Å². The van der Waals surface area contributed by atoms with Gasteiger partial charge in [-0.2, -0.15) is 5.10 Å². The molecular weight excluding hydrogens is 1000 g/mol. The minimum atomic E-state index is -0.933. The van der Waals surface area contributed by atoms with Crippen molar-refractivity contribution in [3.63, 3.8) is 0 Å². The Morgan fingerprint density at radius 2 is 1.46 bits per heavy atom. The van der Waals surface area contributed by atoms with Gasteiger partial charge in [-0.15, -0.1) is 0 Å². The van der Waals surface area contributed by atoms with Crippen LogP contribution in [0.25, 0.3) is 11.0 Å². The minimum Gasteiger partial charge on any atom is -0.493 e. The monoisotopic (exact) mass is 1080 g/mol. The summed E-state index contributed by atoms with van der Waals surface area (Å²) in [5.41, 5.74) is 5.53. The summed E-state index contributed by atoms with van der Waals surface area (Å²) in [6, 6.07) is 23.9. The number of piperazine rings is 1. The first-order valence-corrected chi connectivity index (χ1v) is 27.8. The molecule has 79 heavy (non-hydrogen) atoms. The summed E-state index contributed by atoms with van der Waals surface area (Å²) in [5, 5.41) is 5.52. The number of likely N-dealkylation sites (N-methyl/N-ethyl adjacent to an activating group) is 1. The second kappa shape index (κ2) is 23.7. The lowest BCUT2D eigenvalue weighted by Crippen LogP contribution is -2.63. The molecule has 5 heterocycles. The van der Waals surface area contributed by atoms with Gasteiger partial charge in [0.2, 0.25) is 11.8 Å². The Labute approximate surface area is 462 Å². The molecule has 0 radical (unpaired) electrons. The molecule has 416 valence electrons. The summed E-state index contributed by atoms with van der Waals surface area (Å²) in [6.07, 6.45) is 7.32. The van der Waals surface area contributed by atoms with Crippen LogP contribution in [0.2, 0.25) is 0 Å². The van der Waals surface area contributed by atoms with Crippen molar-refractivity contribution in [2.75, 3.05) is 92.7 Å². The highest BCUT2D eigenvalue weighted by Gasteiger charge is 2.58. The number of methoxy groups -OCH3 is 4. The first kappa shape index (κ1) is 54.6. The van der Waals surface area contributed by atoms with Crippen LogP contribution in [0.1, 0.15) is 101 Å². The Kier molecular flexibility index (Phi) is 16.4. The maximum absolute atomic E-state index is 15.7. The zero-order valence-electron chi connectivity index (χ0n) is 46.6. The van der Waals surface area contributed by atoms with Crippen LogP contribution in [0, 0.1) is 11.8 Å². The number of carbonyl (C=O) groups excluding carboxylic acids is 4. The molecule has 4 unspecified atom stereocenters. The number of ether oxygens (including phenoxy) is 5. The lowest BCUT2D eigenvalue weighted by atomic mass is 9.58. The molecular formula is C61H73N9O9. The van der Waals surface area contributed by atoms with E-state index in [0.717, 1.165) is 71.6 Å². The maximum Gasteiger partial charge on any atom is 0.338 e. The van der Waals surface area contributed by atoms with E-state index in [1.165, 1.54) is 0 Å². The van der Waals surface area contributed by atoms with Gasteiger partial charge in [0.1, 0.15) is 18.8 Å². The number of carbonyl (C=O) groups is 4. The van der Waals surface area contributed by atoms with Crippen LogP contribution < -0.4 is 23.8 Å². The Morgan fingerprint density at radius 3 is 2.18 bits per heavy atom. The smallest absolute Gasteiger partial charge is 0.338 e. The molecule has 1 saturated carbocycles. The third-order valence-electron chi connectivity index (χ3n) is 17.0. The Hall–Kier alpha value is -7.73. The number of fused-ring (bicyclic) bond motifs is 4. The average molecular weight is 1080 g/mol. The first-order valence-electron chi connectivity index (χ1n) is 27.8. The van der Waals surface area contributed by atoms with E-state index in [9.17, 15) is 9.59 Å². The van der Waals surface area contributed by atoms with Gasteiger partial charge in [-0.3, -0.25) is 19.3 Å². The molecule has 4 atom stereocenters. The van der Waals surface area contributed by atoms with Crippen LogP contribution >= 0.6 is 0 Å². The molecule has 2 aromatic heterocycles. The SMILES string of the molecule is CCCn1ncc2c(N3CCN(C(=O)C4CCC5(c6cc(OC)c(OC)cc6CCN5C(=O)CCN(C)C(=O)c5ccccc5COC(=O)c5ccccc5)C(C5c6cc(OC)c(OC)cc6CCN5CC)C4)CC3)ncnc21. The van der Waals surface area contributed by atoms with Crippen LogP contribution in [-0.2, 0) is 45.9 Å². The van der Waals surface area contributed by atoms with Crippen LogP contribution in [0.5, 0.6) is 23.0 Å². The van der Waals surface area contributed by atoms with E-state index in [1.54, 1.807) is 89.2 Å². The second-order valence-corrected chi connectivity index (χ2v) is 21.1. The normalized spacial score (nSPS) is 20.1. The van der Waals surface area contributed by atoms with Gasteiger partial charge in [0, 0.05) is 94.8 Å². The number of benzene rings is 4. The fraction of sp³-hybridized carbons (Fsp3) is 0.459. The minimum absolute atomic E-state index is 0.0406. The highest BCUT2D eigenvalue weighted by atomic mass is 16.5. The number of anilines is 1. The summed E-state index contributed by atoms with van der Waals surface area (Å²) >= 11 is 0. The molecule has 18 heteroatoms. The van der Waals surface area contributed by atoms with Gasteiger partial charge in [0.05, 0.1) is 51.1 Å². The number of rotatable bonds is 17. The molecule has 2 fully saturated rings. The van der Waals surface area contributed by atoms with Crippen molar-refractivity contribution >= 4 is 40.5 Å². The van der Waals surface area contributed by atoms with Gasteiger partial charge in [0.25, 0.3) is 5.91 Å². The van der Waals surface area contributed by atoms with Crippen LogP contribution in [0.15, 0.2) is 91.4 Å². The predicted molar refractivity (Wildman–Crippen MR) is 299 cm³/mol. The molecule has 18 nitrogen and oxygen atoms in total. The Balaban J connectivity index is 0.989. The average Bonchev–Trinajstić information content (AvgIpc) is 4.06. The Bertz CT molecular complexity index is 3200. The largest absolute Gasteiger partial charge is 0.493 e. The van der Waals surface area contributed by atoms with E-state index in [0.29, 0.717) is 98.1 Å². The number of nitrogens with zero attached hydrogens (tertiary/aromatic N) is 9. The van der Waals surface area contributed by atoms with Crippen molar-refractivity contribution in [2.45, 2.75) is 83.5 Å². The lowest BCUT2D eigenvalue weighted by molar-refractivity contribution is -0.153. The molecule has 3 amide bonds. The zero-order valence-corrected chi connectivity index (χ0v) is 46.6. The summed E-state index contributed by atoms with van der Waals surface area (Å²) in [6.45, 7) is 9.29. The van der Waals surface area contributed by atoms with Gasteiger partial charge in [-0.25, -0.2) is 19.4 Å². The quantitative estimate of drug-likeness (QED) is 0.0811. The van der Waals surface area contributed by atoms with E-state index in [4.69, 9.17) is 28.7 Å². The van der Waals surface area contributed by atoms with Crippen LogP contribution in [0.3, 0.4) is 0 Å². The summed E-state index contributed by atoms with van der Waals surface area (Å²) in [7, 11) is 8.29. The van der Waals surface area contributed by atoms with E-state index < -0.39 is 11.5 Å². The molecule has 4 aliphatic rings. The maximum atomic E-state index is 15.7. The molecule has 0 N–H and O–H groups in total. The van der Waals surface area contributed by atoms with E-state index in [-0.39, 0.29) is 55.2 Å². The predicted octanol–water partition coefficient (Wildman–Crippen LogP) is 7.75. The number of aryl methyl sites for hydroxylation is 1. The third-order valence-corrected chi connectivity index (χ3v) is 17.0. The van der Waals surface area contributed by atoms with Gasteiger partial charge >= 0.3 is 5.97 Å². The van der Waals surface area contributed by atoms with Crippen molar-refractivity contribution in [3.05, 3.63) is 130 Å². The summed E-state index contributed by atoms with van der Waals surface area (Å²) in [4.78, 5) is 78.0. The van der Waals surface area contributed by atoms with E-state index in [1.807, 2.05) is 27.9 Å². The molecule has 3 aliphatic heterocycles. The highest BCUT2D eigenvalue weighted by molar-refractivity contribution is 5.96. The van der Waals surface area contributed by atoms with Crippen molar-refractivity contribution in [3.8, 4) is 23.0 Å².